The number of esters is 1. The Bertz CT molecular complexity index is 1020. The minimum Gasteiger partial charge on any atom is -0.452 e. The molecule has 1 amide bonds. The third-order valence-corrected chi connectivity index (χ3v) is 6.71. The van der Waals surface area contributed by atoms with Gasteiger partial charge in [0, 0.05) is 28.1 Å². The van der Waals surface area contributed by atoms with Gasteiger partial charge in [0.05, 0.1) is 16.6 Å². The van der Waals surface area contributed by atoms with Crippen LogP contribution in [-0.2, 0) is 9.53 Å². The van der Waals surface area contributed by atoms with Crippen LogP contribution >= 0.6 is 23.1 Å². The normalized spacial score (nSPS) is 14.7. The molecule has 1 aromatic heterocycles. The summed E-state index contributed by atoms with van der Waals surface area (Å²) in [4.78, 5) is 40.1. The van der Waals surface area contributed by atoms with E-state index in [9.17, 15) is 25.0 Å². The van der Waals surface area contributed by atoms with Crippen LogP contribution in [0.4, 0.5) is 5.69 Å². The first-order chi connectivity index (χ1) is 14.3. The van der Waals surface area contributed by atoms with Crippen LogP contribution in [0.15, 0.2) is 32.8 Å². The summed E-state index contributed by atoms with van der Waals surface area (Å²) in [6, 6.07) is 6.00. The van der Waals surface area contributed by atoms with Gasteiger partial charge in [-0.05, 0) is 38.7 Å². The lowest BCUT2D eigenvalue weighted by molar-refractivity contribution is -0.384. The molecule has 0 spiro atoms. The number of thiazole rings is 1. The lowest BCUT2D eigenvalue weighted by Crippen LogP contribution is -2.46. The molecule has 1 fully saturated rings. The van der Waals surface area contributed by atoms with E-state index in [0.717, 1.165) is 24.6 Å². The summed E-state index contributed by atoms with van der Waals surface area (Å²) in [5, 5.41) is 24.9. The van der Waals surface area contributed by atoms with Crippen molar-refractivity contribution >= 4 is 40.7 Å². The predicted molar refractivity (Wildman–Crippen MR) is 109 cm³/mol. The van der Waals surface area contributed by atoms with Gasteiger partial charge in [-0.2, -0.15) is 5.26 Å². The largest absolute Gasteiger partial charge is 0.452 e. The van der Waals surface area contributed by atoms with Crippen molar-refractivity contribution in [2.24, 2.45) is 0 Å². The Morgan fingerprint density at radius 3 is 2.77 bits per heavy atom. The molecule has 0 bridgehead atoms. The number of aryl methyl sites for hydroxylation is 1. The number of hydrogen-bond acceptors (Lipinski definition) is 9. The van der Waals surface area contributed by atoms with Crippen molar-refractivity contribution in [3.05, 3.63) is 45.0 Å². The highest BCUT2D eigenvalue weighted by molar-refractivity contribution is 8.01. The van der Waals surface area contributed by atoms with Gasteiger partial charge in [0.25, 0.3) is 11.6 Å². The molecule has 3 rings (SSSR count). The van der Waals surface area contributed by atoms with Gasteiger partial charge >= 0.3 is 5.97 Å². The van der Waals surface area contributed by atoms with Gasteiger partial charge in [0.1, 0.15) is 5.54 Å². The molecule has 9 nitrogen and oxygen atoms in total. The Labute approximate surface area is 180 Å². The maximum atomic E-state index is 12.6. The molecule has 0 atom stereocenters. The van der Waals surface area contributed by atoms with Crippen LogP contribution in [0.1, 0.15) is 41.7 Å². The van der Waals surface area contributed by atoms with Crippen molar-refractivity contribution in [3.63, 3.8) is 0 Å². The molecule has 1 aliphatic rings. The van der Waals surface area contributed by atoms with Gasteiger partial charge in [0.15, 0.2) is 10.9 Å². The molecule has 1 N–H and O–H groups in total. The number of non-ortho nitro benzene ring substituents is 1. The Morgan fingerprint density at radius 2 is 2.17 bits per heavy atom. The first-order valence-corrected chi connectivity index (χ1v) is 10.8. The van der Waals surface area contributed by atoms with Crippen molar-refractivity contribution in [2.75, 3.05) is 6.61 Å². The van der Waals surface area contributed by atoms with Crippen LogP contribution in [0.2, 0.25) is 0 Å². The van der Waals surface area contributed by atoms with Crippen LogP contribution in [0.5, 0.6) is 0 Å². The number of amides is 1. The smallest absolute Gasteiger partial charge is 0.340 e. The standard InChI is InChI=1S/C19H18N4O5S2/c1-12-10-29-18(21-12)30-15-5-4-13(23(26)27)8-14(15)17(25)28-9-16(24)22-19(11-20)6-2-3-7-19/h4-5,8,10H,2-3,6-7,9H2,1H3,(H,22,24). The lowest BCUT2D eigenvalue weighted by Gasteiger charge is -2.21. The quantitative estimate of drug-likeness (QED) is 0.387. The van der Waals surface area contributed by atoms with Crippen molar-refractivity contribution < 1.29 is 19.2 Å². The molecule has 1 saturated carbocycles. The van der Waals surface area contributed by atoms with E-state index in [-0.39, 0.29) is 11.3 Å². The molecule has 0 saturated heterocycles. The van der Waals surface area contributed by atoms with E-state index in [4.69, 9.17) is 4.74 Å². The van der Waals surface area contributed by atoms with Crippen LogP contribution < -0.4 is 5.32 Å². The summed E-state index contributed by atoms with van der Waals surface area (Å²) in [6.07, 6.45) is 2.81. The van der Waals surface area contributed by atoms with Gasteiger partial charge in [0.2, 0.25) is 0 Å². The Kier molecular flexibility index (Phi) is 6.69. The highest BCUT2D eigenvalue weighted by Crippen LogP contribution is 2.34. The number of ether oxygens (including phenoxy) is 1. The van der Waals surface area contributed by atoms with Gasteiger partial charge in [-0.1, -0.05) is 11.8 Å². The van der Waals surface area contributed by atoms with Crippen molar-refractivity contribution in [2.45, 2.75) is 47.4 Å². The molecular weight excluding hydrogens is 428 g/mol. The van der Waals surface area contributed by atoms with E-state index in [1.54, 1.807) is 0 Å². The van der Waals surface area contributed by atoms with Gasteiger partial charge < -0.3 is 10.1 Å². The molecular formula is C19H18N4O5S2. The summed E-state index contributed by atoms with van der Waals surface area (Å²) in [7, 11) is 0. The van der Waals surface area contributed by atoms with Crippen LogP contribution in [0, 0.1) is 28.4 Å². The molecule has 0 aliphatic heterocycles. The third-order valence-electron chi connectivity index (χ3n) is 4.57. The number of nitro groups is 1. The fraction of sp³-hybridized carbons (Fsp3) is 0.368. The molecule has 2 aromatic rings. The zero-order chi connectivity index (χ0) is 21.7. The Balaban J connectivity index is 1.73. The Morgan fingerprint density at radius 1 is 1.43 bits per heavy atom. The number of carbonyl (C=O) groups excluding carboxylic acids is 2. The molecule has 0 unspecified atom stereocenters. The number of aromatic nitrogens is 1. The van der Waals surface area contributed by atoms with E-state index >= 15 is 0 Å². The summed E-state index contributed by atoms with van der Waals surface area (Å²) < 4.78 is 5.77. The number of rotatable bonds is 7. The molecule has 30 heavy (non-hydrogen) atoms. The minimum atomic E-state index is -0.918. The molecule has 1 aliphatic carbocycles. The highest BCUT2D eigenvalue weighted by atomic mass is 32.2. The van der Waals surface area contributed by atoms with E-state index < -0.39 is 28.9 Å². The molecule has 0 radical (unpaired) electrons. The third kappa shape index (κ3) is 5.14. The van der Waals surface area contributed by atoms with Crippen molar-refractivity contribution in [1.82, 2.24) is 10.3 Å². The van der Waals surface area contributed by atoms with Crippen molar-refractivity contribution in [3.8, 4) is 6.07 Å². The minimum absolute atomic E-state index is 0.0225. The number of nitrogens with one attached hydrogen (secondary N) is 1. The second-order valence-corrected chi connectivity index (χ2v) is 8.97. The predicted octanol–water partition coefficient (Wildman–Crippen LogP) is 3.62. The van der Waals surface area contributed by atoms with Crippen molar-refractivity contribution in [1.29, 1.82) is 5.26 Å². The lowest BCUT2D eigenvalue weighted by atomic mass is 10.00. The second kappa shape index (κ2) is 9.23. The van der Waals surface area contributed by atoms with Crippen LogP contribution in [0.25, 0.3) is 0 Å². The van der Waals surface area contributed by atoms with E-state index in [1.165, 1.54) is 35.2 Å². The van der Waals surface area contributed by atoms with Gasteiger partial charge in [-0.15, -0.1) is 11.3 Å². The maximum Gasteiger partial charge on any atom is 0.340 e. The monoisotopic (exact) mass is 446 g/mol. The van der Waals surface area contributed by atoms with Crippen LogP contribution in [-0.4, -0.2) is 33.9 Å². The molecule has 1 aromatic carbocycles. The highest BCUT2D eigenvalue weighted by Gasteiger charge is 2.35. The molecule has 156 valence electrons. The SMILES string of the molecule is Cc1csc(Sc2ccc([N+](=O)[O-])cc2C(=O)OCC(=O)NC2(C#N)CCCC2)n1. The van der Waals surface area contributed by atoms with E-state index in [0.29, 0.717) is 22.1 Å². The summed E-state index contributed by atoms with van der Waals surface area (Å²) in [5.74, 6) is -1.44. The number of nitrogens with zero attached hydrogens (tertiary/aromatic N) is 3. The average molecular weight is 447 g/mol. The number of nitro benzene ring substituents is 1. The summed E-state index contributed by atoms with van der Waals surface area (Å²) >= 11 is 2.57. The number of carbonyl (C=O) groups is 2. The molecule has 1 heterocycles. The average Bonchev–Trinajstić information content (AvgIpc) is 3.35. The van der Waals surface area contributed by atoms with E-state index in [2.05, 4.69) is 16.4 Å². The topological polar surface area (TPSA) is 135 Å². The first kappa shape index (κ1) is 21.7. The zero-order valence-electron chi connectivity index (χ0n) is 16.0. The number of hydrogen-bond donors (Lipinski definition) is 1. The van der Waals surface area contributed by atoms with Gasteiger partial charge in [-0.25, -0.2) is 9.78 Å². The maximum absolute atomic E-state index is 12.6. The van der Waals surface area contributed by atoms with Crippen LogP contribution in [0.3, 0.4) is 0 Å². The van der Waals surface area contributed by atoms with Gasteiger partial charge in [-0.3, -0.25) is 14.9 Å². The molecule has 11 heteroatoms. The van der Waals surface area contributed by atoms with E-state index in [1.807, 2.05) is 12.3 Å². The number of nitriles is 1. The fourth-order valence-electron chi connectivity index (χ4n) is 3.11. The Hall–Kier alpha value is -2.97. The second-order valence-electron chi connectivity index (χ2n) is 6.82. The summed E-state index contributed by atoms with van der Waals surface area (Å²) in [6.45, 7) is 1.26. The number of benzene rings is 1. The fourth-order valence-corrected chi connectivity index (χ4v) is 5.00. The first-order valence-electron chi connectivity index (χ1n) is 9.10. The zero-order valence-corrected chi connectivity index (χ0v) is 17.7. The summed E-state index contributed by atoms with van der Waals surface area (Å²) in [5.41, 5.74) is -0.381.